The van der Waals surface area contributed by atoms with Gasteiger partial charge < -0.3 is 9.84 Å². The van der Waals surface area contributed by atoms with E-state index in [9.17, 15) is 4.79 Å². The Morgan fingerprint density at radius 1 is 1.41 bits per heavy atom. The van der Waals surface area contributed by atoms with Gasteiger partial charge in [0.1, 0.15) is 0 Å². The SMILES string of the molecule is C#CCOc1ncc(C(=O)O)c2ccccc12. The predicted molar refractivity (Wildman–Crippen MR) is 63.0 cm³/mol. The highest BCUT2D eigenvalue weighted by atomic mass is 16.5. The van der Waals surface area contributed by atoms with Gasteiger partial charge in [-0.25, -0.2) is 9.78 Å². The minimum Gasteiger partial charge on any atom is -0.478 e. The van der Waals surface area contributed by atoms with Gasteiger partial charge >= 0.3 is 5.97 Å². The number of fused-ring (bicyclic) bond motifs is 1. The van der Waals surface area contributed by atoms with Crippen LogP contribution in [0.1, 0.15) is 10.4 Å². The lowest BCUT2D eigenvalue weighted by atomic mass is 10.1. The summed E-state index contributed by atoms with van der Waals surface area (Å²) in [6.45, 7) is 0.101. The van der Waals surface area contributed by atoms with E-state index in [2.05, 4.69) is 10.9 Å². The summed E-state index contributed by atoms with van der Waals surface area (Å²) in [5.74, 6) is 1.67. The molecule has 84 valence electrons. The topological polar surface area (TPSA) is 59.4 Å². The molecular weight excluding hydrogens is 218 g/mol. The first-order valence-electron chi connectivity index (χ1n) is 4.91. The molecule has 17 heavy (non-hydrogen) atoms. The first-order valence-corrected chi connectivity index (χ1v) is 4.91. The summed E-state index contributed by atoms with van der Waals surface area (Å²) in [7, 11) is 0. The molecule has 1 aromatic carbocycles. The van der Waals surface area contributed by atoms with Crippen molar-refractivity contribution in [3.05, 3.63) is 36.0 Å². The smallest absolute Gasteiger partial charge is 0.337 e. The number of pyridine rings is 1. The van der Waals surface area contributed by atoms with Crippen molar-refractivity contribution < 1.29 is 14.6 Å². The number of rotatable bonds is 3. The van der Waals surface area contributed by atoms with Gasteiger partial charge in [0, 0.05) is 17.0 Å². The van der Waals surface area contributed by atoms with E-state index in [0.29, 0.717) is 16.7 Å². The maximum Gasteiger partial charge on any atom is 0.337 e. The normalized spacial score (nSPS) is 9.82. The lowest BCUT2D eigenvalue weighted by Crippen LogP contribution is -2.02. The van der Waals surface area contributed by atoms with Crippen molar-refractivity contribution >= 4 is 16.7 Å². The largest absolute Gasteiger partial charge is 0.478 e. The minimum atomic E-state index is -1.02. The molecule has 0 aliphatic heterocycles. The standard InChI is InChI=1S/C13H9NO3/c1-2-7-17-12-10-6-4-3-5-9(10)11(8-14-12)13(15)16/h1,3-6,8H,7H2,(H,15,16). The number of carbonyl (C=O) groups is 1. The van der Waals surface area contributed by atoms with E-state index in [-0.39, 0.29) is 12.2 Å². The highest BCUT2D eigenvalue weighted by Crippen LogP contribution is 2.25. The van der Waals surface area contributed by atoms with Crippen LogP contribution < -0.4 is 4.74 Å². The van der Waals surface area contributed by atoms with Crippen LogP contribution in [0, 0.1) is 12.3 Å². The average Bonchev–Trinajstić information content (AvgIpc) is 2.35. The Bertz CT molecular complexity index is 614. The van der Waals surface area contributed by atoms with E-state index in [1.165, 1.54) is 6.20 Å². The van der Waals surface area contributed by atoms with E-state index in [4.69, 9.17) is 16.3 Å². The van der Waals surface area contributed by atoms with E-state index < -0.39 is 5.97 Å². The van der Waals surface area contributed by atoms with Gasteiger partial charge in [0.15, 0.2) is 6.61 Å². The Morgan fingerprint density at radius 2 is 2.12 bits per heavy atom. The maximum atomic E-state index is 11.0. The van der Waals surface area contributed by atoms with Crippen molar-refractivity contribution in [2.75, 3.05) is 6.61 Å². The van der Waals surface area contributed by atoms with Crippen LogP contribution in [0.5, 0.6) is 5.88 Å². The van der Waals surface area contributed by atoms with Crippen molar-refractivity contribution in [2.45, 2.75) is 0 Å². The summed E-state index contributed by atoms with van der Waals surface area (Å²) in [6.07, 6.45) is 6.38. The van der Waals surface area contributed by atoms with E-state index >= 15 is 0 Å². The summed E-state index contributed by atoms with van der Waals surface area (Å²) in [4.78, 5) is 15.0. The molecule has 0 aliphatic carbocycles. The van der Waals surface area contributed by atoms with Crippen LogP contribution in [-0.2, 0) is 0 Å². The van der Waals surface area contributed by atoms with Crippen molar-refractivity contribution in [1.29, 1.82) is 0 Å². The summed E-state index contributed by atoms with van der Waals surface area (Å²) < 4.78 is 5.26. The Balaban J connectivity index is 2.63. The average molecular weight is 227 g/mol. The van der Waals surface area contributed by atoms with Gasteiger partial charge in [-0.3, -0.25) is 0 Å². The van der Waals surface area contributed by atoms with Gasteiger partial charge in [-0.05, 0) is 6.07 Å². The highest BCUT2D eigenvalue weighted by Gasteiger charge is 2.12. The molecule has 0 aliphatic rings. The molecular formula is C13H9NO3. The second-order valence-electron chi connectivity index (χ2n) is 3.32. The van der Waals surface area contributed by atoms with Crippen LogP contribution in [0.2, 0.25) is 0 Å². The highest BCUT2D eigenvalue weighted by molar-refractivity contribution is 6.04. The van der Waals surface area contributed by atoms with Gasteiger partial charge in [-0.2, -0.15) is 0 Å². The van der Waals surface area contributed by atoms with E-state index in [0.717, 1.165) is 0 Å². The molecule has 1 N–H and O–H groups in total. The number of carboxylic acids is 1. The molecule has 1 aromatic heterocycles. The monoisotopic (exact) mass is 227 g/mol. The van der Waals surface area contributed by atoms with E-state index in [1.807, 2.05) is 0 Å². The minimum absolute atomic E-state index is 0.101. The fraction of sp³-hybridized carbons (Fsp3) is 0.0769. The number of nitrogens with zero attached hydrogens (tertiary/aromatic N) is 1. The number of ether oxygens (including phenoxy) is 1. The van der Waals surface area contributed by atoms with Gasteiger partial charge in [0.05, 0.1) is 5.56 Å². The van der Waals surface area contributed by atoms with Gasteiger partial charge in [-0.15, -0.1) is 6.42 Å². The molecule has 0 atom stereocenters. The van der Waals surface area contributed by atoms with Gasteiger partial charge in [0.2, 0.25) is 5.88 Å². The Labute approximate surface area is 97.9 Å². The Hall–Kier alpha value is -2.54. The lowest BCUT2D eigenvalue weighted by Gasteiger charge is -2.07. The number of carboxylic acid groups (broad SMARTS) is 1. The zero-order valence-electron chi connectivity index (χ0n) is 8.88. The third-order valence-corrected chi connectivity index (χ3v) is 2.28. The number of aromatic nitrogens is 1. The zero-order chi connectivity index (χ0) is 12.3. The molecule has 0 unspecified atom stereocenters. The summed E-state index contributed by atoms with van der Waals surface area (Å²) in [6, 6.07) is 7.02. The summed E-state index contributed by atoms with van der Waals surface area (Å²) in [5.41, 5.74) is 0.147. The molecule has 2 aromatic rings. The van der Waals surface area contributed by atoms with Crippen LogP contribution in [0.15, 0.2) is 30.5 Å². The second kappa shape index (κ2) is 4.54. The second-order valence-corrected chi connectivity index (χ2v) is 3.32. The first-order chi connectivity index (χ1) is 8.24. The van der Waals surface area contributed by atoms with Gasteiger partial charge in [-0.1, -0.05) is 24.1 Å². The van der Waals surface area contributed by atoms with Crippen molar-refractivity contribution in [3.63, 3.8) is 0 Å². The van der Waals surface area contributed by atoms with Crippen molar-refractivity contribution in [2.24, 2.45) is 0 Å². The number of hydrogen-bond acceptors (Lipinski definition) is 3. The van der Waals surface area contributed by atoms with Crippen molar-refractivity contribution in [1.82, 2.24) is 4.98 Å². The molecule has 4 heteroatoms. The molecule has 0 spiro atoms. The van der Waals surface area contributed by atoms with E-state index in [1.54, 1.807) is 24.3 Å². The third kappa shape index (κ3) is 2.04. The molecule has 1 heterocycles. The molecule has 2 rings (SSSR count). The van der Waals surface area contributed by atoms with Crippen LogP contribution >= 0.6 is 0 Å². The summed E-state index contributed by atoms with van der Waals surface area (Å²) in [5, 5.41) is 10.3. The molecule has 4 nitrogen and oxygen atoms in total. The van der Waals surface area contributed by atoms with Crippen LogP contribution in [0.25, 0.3) is 10.8 Å². The third-order valence-electron chi connectivity index (χ3n) is 2.28. The fourth-order valence-corrected chi connectivity index (χ4v) is 1.56. The molecule has 0 radical (unpaired) electrons. The quantitative estimate of drug-likeness (QED) is 0.814. The molecule has 0 fully saturated rings. The van der Waals surface area contributed by atoms with Crippen LogP contribution in [0.3, 0.4) is 0 Å². The van der Waals surface area contributed by atoms with Crippen LogP contribution in [0.4, 0.5) is 0 Å². The molecule has 0 saturated heterocycles. The van der Waals surface area contributed by atoms with Crippen LogP contribution in [-0.4, -0.2) is 22.7 Å². The lowest BCUT2D eigenvalue weighted by molar-refractivity contribution is 0.0698. The maximum absolute atomic E-state index is 11.0. The first kappa shape index (κ1) is 11.0. The molecule has 0 amide bonds. The number of terminal acetylenes is 1. The van der Waals surface area contributed by atoms with Crippen molar-refractivity contribution in [3.8, 4) is 18.2 Å². The zero-order valence-corrected chi connectivity index (χ0v) is 8.88. The number of aromatic carboxylic acids is 1. The number of benzene rings is 1. The number of hydrogen-bond donors (Lipinski definition) is 1. The molecule has 0 saturated carbocycles. The predicted octanol–water partition coefficient (Wildman–Crippen LogP) is 1.95. The Morgan fingerprint density at radius 3 is 2.76 bits per heavy atom. The summed E-state index contributed by atoms with van der Waals surface area (Å²) >= 11 is 0. The van der Waals surface area contributed by atoms with Gasteiger partial charge in [0.25, 0.3) is 0 Å². The molecule has 0 bridgehead atoms. The Kier molecular flexibility index (Phi) is 2.93. The fourth-order valence-electron chi connectivity index (χ4n) is 1.56.